The average molecular weight is 403 g/mol. The smallest absolute Gasteiger partial charge is 0.252 e. The van der Waals surface area contributed by atoms with Crippen LogP contribution in [-0.2, 0) is 13.1 Å². The summed E-state index contributed by atoms with van der Waals surface area (Å²) in [6.45, 7) is 9.64. The molecule has 0 saturated heterocycles. The fraction of sp³-hybridized carbons (Fsp3) is 0.304. The number of nitrogens with zero attached hydrogens (tertiary/aromatic N) is 5. The summed E-state index contributed by atoms with van der Waals surface area (Å²) < 4.78 is 3.78. The van der Waals surface area contributed by atoms with E-state index in [0.717, 1.165) is 46.6 Å². The highest BCUT2D eigenvalue weighted by Crippen LogP contribution is 2.27. The number of rotatable bonds is 6. The van der Waals surface area contributed by atoms with Gasteiger partial charge in [-0.2, -0.15) is 10.2 Å². The van der Waals surface area contributed by atoms with Gasteiger partial charge in [0.15, 0.2) is 0 Å². The first-order chi connectivity index (χ1) is 14.5. The van der Waals surface area contributed by atoms with E-state index in [9.17, 15) is 4.79 Å². The van der Waals surface area contributed by atoms with Gasteiger partial charge in [0.25, 0.3) is 5.91 Å². The molecule has 0 spiro atoms. The average Bonchev–Trinajstić information content (AvgIpc) is 3.39. The van der Waals surface area contributed by atoms with Gasteiger partial charge >= 0.3 is 0 Å². The molecule has 1 amide bonds. The highest BCUT2D eigenvalue weighted by molar-refractivity contribution is 6.07. The topological polar surface area (TPSA) is 77.6 Å². The van der Waals surface area contributed by atoms with E-state index in [0.29, 0.717) is 5.56 Å². The summed E-state index contributed by atoms with van der Waals surface area (Å²) in [5, 5.41) is 12.8. The number of benzene rings is 1. The van der Waals surface area contributed by atoms with Crippen LogP contribution in [0.15, 0.2) is 48.8 Å². The molecule has 0 radical (unpaired) electrons. The number of hydrogen-bond donors (Lipinski definition) is 1. The summed E-state index contributed by atoms with van der Waals surface area (Å²) >= 11 is 0. The normalized spacial score (nSPS) is 12.3. The molecule has 0 fully saturated rings. The van der Waals surface area contributed by atoms with E-state index in [1.165, 1.54) is 0 Å². The molecular weight excluding hydrogens is 376 g/mol. The number of nitrogens with one attached hydrogen (secondary N) is 1. The van der Waals surface area contributed by atoms with E-state index in [4.69, 9.17) is 4.98 Å². The summed E-state index contributed by atoms with van der Waals surface area (Å²) in [7, 11) is 0. The van der Waals surface area contributed by atoms with E-state index in [1.54, 1.807) is 0 Å². The lowest BCUT2D eigenvalue weighted by Crippen LogP contribution is -2.27. The minimum atomic E-state index is -0.203. The molecule has 1 N–H and O–H groups in total. The Morgan fingerprint density at radius 1 is 1.17 bits per heavy atom. The van der Waals surface area contributed by atoms with Crippen LogP contribution in [0.4, 0.5) is 0 Å². The quantitative estimate of drug-likeness (QED) is 0.526. The third-order valence-electron chi connectivity index (χ3n) is 5.42. The zero-order valence-corrected chi connectivity index (χ0v) is 17.8. The van der Waals surface area contributed by atoms with Gasteiger partial charge in [-0.05, 0) is 45.9 Å². The molecule has 0 aliphatic carbocycles. The number of pyridine rings is 1. The maximum absolute atomic E-state index is 13.3. The van der Waals surface area contributed by atoms with Crippen LogP contribution in [0.1, 0.15) is 48.6 Å². The first-order valence-corrected chi connectivity index (χ1v) is 10.3. The Balaban J connectivity index is 1.73. The van der Waals surface area contributed by atoms with Gasteiger partial charge in [0.2, 0.25) is 0 Å². The molecule has 7 nitrogen and oxygen atoms in total. The van der Waals surface area contributed by atoms with Gasteiger partial charge in [-0.15, -0.1) is 0 Å². The Morgan fingerprint density at radius 3 is 2.67 bits per heavy atom. The van der Waals surface area contributed by atoms with Crippen molar-refractivity contribution in [2.75, 3.05) is 0 Å². The second-order valence-corrected chi connectivity index (χ2v) is 7.32. The second kappa shape index (κ2) is 8.10. The highest BCUT2D eigenvalue weighted by atomic mass is 16.1. The first kappa shape index (κ1) is 19.8. The van der Waals surface area contributed by atoms with E-state index in [-0.39, 0.29) is 11.9 Å². The Morgan fingerprint density at radius 2 is 1.97 bits per heavy atom. The third kappa shape index (κ3) is 3.58. The molecule has 154 valence electrons. The number of hydrogen-bond acceptors (Lipinski definition) is 4. The number of aromatic nitrogens is 5. The van der Waals surface area contributed by atoms with Crippen LogP contribution in [0.3, 0.4) is 0 Å². The SMILES string of the molecule is CCn1ccc(C(C)NC(=O)c2cc(-c3cnn(CC)c3C)nc3ccccc23)n1. The maximum Gasteiger partial charge on any atom is 0.252 e. The fourth-order valence-electron chi connectivity index (χ4n) is 3.65. The molecule has 4 aromatic rings. The third-order valence-corrected chi connectivity index (χ3v) is 5.42. The summed E-state index contributed by atoms with van der Waals surface area (Å²) in [5.74, 6) is -0.145. The number of amides is 1. The fourth-order valence-corrected chi connectivity index (χ4v) is 3.65. The number of fused-ring (bicyclic) bond motifs is 1. The van der Waals surface area contributed by atoms with Gasteiger partial charge in [-0.25, -0.2) is 4.98 Å². The van der Waals surface area contributed by atoms with E-state index < -0.39 is 0 Å². The molecule has 0 saturated carbocycles. The van der Waals surface area contributed by atoms with Crippen LogP contribution in [0.25, 0.3) is 22.2 Å². The van der Waals surface area contributed by atoms with Crippen LogP contribution in [0, 0.1) is 6.92 Å². The zero-order valence-electron chi connectivity index (χ0n) is 17.8. The molecule has 0 aliphatic heterocycles. The molecule has 3 heterocycles. The molecule has 0 bridgehead atoms. The molecule has 1 atom stereocenters. The monoisotopic (exact) mass is 402 g/mol. The summed E-state index contributed by atoms with van der Waals surface area (Å²) in [4.78, 5) is 18.1. The minimum Gasteiger partial charge on any atom is -0.344 e. The second-order valence-electron chi connectivity index (χ2n) is 7.32. The molecule has 30 heavy (non-hydrogen) atoms. The predicted octanol–water partition coefficient (Wildman–Crippen LogP) is 4.13. The van der Waals surface area contributed by atoms with Crippen LogP contribution in [0.2, 0.25) is 0 Å². The summed E-state index contributed by atoms with van der Waals surface area (Å²) in [6.07, 6.45) is 3.74. The molecule has 3 aromatic heterocycles. The predicted molar refractivity (Wildman–Crippen MR) is 117 cm³/mol. The minimum absolute atomic E-state index is 0.145. The lowest BCUT2D eigenvalue weighted by atomic mass is 10.0. The van der Waals surface area contributed by atoms with E-state index in [2.05, 4.69) is 22.4 Å². The van der Waals surface area contributed by atoms with Gasteiger partial charge < -0.3 is 5.32 Å². The lowest BCUT2D eigenvalue weighted by molar-refractivity contribution is 0.0940. The molecule has 4 rings (SSSR count). The van der Waals surface area contributed by atoms with Crippen molar-refractivity contribution in [1.82, 2.24) is 29.9 Å². The van der Waals surface area contributed by atoms with Crippen molar-refractivity contribution in [2.24, 2.45) is 0 Å². The molecule has 0 aliphatic rings. The molecule has 1 aromatic carbocycles. The number of carbonyl (C=O) groups excluding carboxylic acids is 1. The van der Waals surface area contributed by atoms with Crippen LogP contribution in [0.5, 0.6) is 0 Å². The van der Waals surface area contributed by atoms with Crippen molar-refractivity contribution < 1.29 is 4.79 Å². The van der Waals surface area contributed by atoms with Crippen molar-refractivity contribution in [1.29, 1.82) is 0 Å². The Labute approximate surface area is 175 Å². The lowest BCUT2D eigenvalue weighted by Gasteiger charge is -2.14. The largest absolute Gasteiger partial charge is 0.344 e. The van der Waals surface area contributed by atoms with Gasteiger partial charge in [0.05, 0.1) is 34.7 Å². The van der Waals surface area contributed by atoms with Gasteiger partial charge in [0, 0.05) is 35.9 Å². The molecule has 7 heteroatoms. The van der Waals surface area contributed by atoms with Gasteiger partial charge in [0.1, 0.15) is 0 Å². The molecular formula is C23H26N6O. The zero-order chi connectivity index (χ0) is 21.3. The Hall–Kier alpha value is -3.48. The van der Waals surface area contributed by atoms with Crippen molar-refractivity contribution in [2.45, 2.75) is 46.8 Å². The van der Waals surface area contributed by atoms with E-state index >= 15 is 0 Å². The van der Waals surface area contributed by atoms with Gasteiger partial charge in [-0.3, -0.25) is 14.2 Å². The Bertz CT molecular complexity index is 1210. The maximum atomic E-state index is 13.3. The number of carbonyl (C=O) groups is 1. The number of para-hydroxylation sites is 1. The Kier molecular flexibility index (Phi) is 5.35. The highest BCUT2D eigenvalue weighted by Gasteiger charge is 2.19. The van der Waals surface area contributed by atoms with Crippen LogP contribution >= 0.6 is 0 Å². The van der Waals surface area contributed by atoms with Crippen molar-refractivity contribution in [3.63, 3.8) is 0 Å². The van der Waals surface area contributed by atoms with Crippen molar-refractivity contribution in [3.05, 3.63) is 65.7 Å². The standard InChI is InChI=1S/C23H26N6O/c1-5-28-12-11-20(27-28)15(3)25-23(30)18-13-22(19-14-24-29(6-2)16(19)4)26-21-10-8-7-9-17(18)21/h7-15H,5-6H2,1-4H3,(H,25,30). The number of aryl methyl sites for hydroxylation is 2. The summed E-state index contributed by atoms with van der Waals surface area (Å²) in [5.41, 5.74) is 4.94. The summed E-state index contributed by atoms with van der Waals surface area (Å²) in [6, 6.07) is 11.3. The molecule has 1 unspecified atom stereocenters. The van der Waals surface area contributed by atoms with E-state index in [1.807, 2.05) is 78.9 Å². The van der Waals surface area contributed by atoms with Crippen molar-refractivity contribution >= 4 is 16.8 Å². The van der Waals surface area contributed by atoms with Crippen molar-refractivity contribution in [3.8, 4) is 11.3 Å². The van der Waals surface area contributed by atoms with Gasteiger partial charge in [-0.1, -0.05) is 18.2 Å². The van der Waals surface area contributed by atoms with Crippen LogP contribution < -0.4 is 5.32 Å². The first-order valence-electron chi connectivity index (χ1n) is 10.3. The van der Waals surface area contributed by atoms with Crippen LogP contribution in [-0.4, -0.2) is 30.5 Å².